The van der Waals surface area contributed by atoms with E-state index >= 15 is 0 Å². The van der Waals surface area contributed by atoms with Gasteiger partial charge in [-0.3, -0.25) is 14.9 Å². The molecule has 4 rings (SSSR count). The van der Waals surface area contributed by atoms with Crippen LogP contribution in [0.3, 0.4) is 0 Å². The molecular formula is C20H22FN5O6S2. The Balaban J connectivity index is 1.56. The zero-order valence-electron chi connectivity index (χ0n) is 17.9. The molecule has 34 heavy (non-hydrogen) atoms. The lowest BCUT2D eigenvalue weighted by Gasteiger charge is -2.19. The van der Waals surface area contributed by atoms with Crippen molar-refractivity contribution >= 4 is 44.0 Å². The lowest BCUT2D eigenvalue weighted by atomic mass is 10.1. The minimum atomic E-state index is -3.84. The van der Waals surface area contributed by atoms with Gasteiger partial charge in [0.25, 0.3) is 5.91 Å². The second-order valence-corrected chi connectivity index (χ2v) is 10.4. The van der Waals surface area contributed by atoms with Crippen LogP contribution in [-0.2, 0) is 29.2 Å². The van der Waals surface area contributed by atoms with Crippen molar-refractivity contribution in [1.82, 2.24) is 14.6 Å². The van der Waals surface area contributed by atoms with Crippen LogP contribution in [-0.4, -0.2) is 74.2 Å². The predicted octanol–water partition coefficient (Wildman–Crippen LogP) is 0.941. The molecule has 0 bridgehead atoms. The molecule has 0 saturated carbocycles. The first-order valence-corrected chi connectivity index (χ1v) is 12.7. The molecule has 2 aromatic rings. The first kappa shape index (κ1) is 24.2. The molecule has 2 saturated heterocycles. The number of carbonyl (C=O) groups excluding carboxylic acids is 2. The average molecular weight is 512 g/mol. The molecule has 14 heteroatoms. The summed E-state index contributed by atoms with van der Waals surface area (Å²) in [5.41, 5.74) is 0.163. The van der Waals surface area contributed by atoms with Gasteiger partial charge in [-0.15, -0.1) is 0 Å². The molecule has 1 aromatic carbocycles. The molecule has 182 valence electrons. The van der Waals surface area contributed by atoms with E-state index in [1.54, 1.807) is 0 Å². The van der Waals surface area contributed by atoms with Gasteiger partial charge in [0.15, 0.2) is 22.1 Å². The summed E-state index contributed by atoms with van der Waals surface area (Å²) in [5, 5.41) is 8.57. The van der Waals surface area contributed by atoms with Gasteiger partial charge in [0, 0.05) is 38.0 Å². The van der Waals surface area contributed by atoms with Gasteiger partial charge in [0.05, 0.1) is 24.3 Å². The quantitative estimate of drug-likeness (QED) is 0.417. The second-order valence-electron chi connectivity index (χ2n) is 7.48. The Morgan fingerprint density at radius 1 is 1.32 bits per heavy atom. The fourth-order valence-electron chi connectivity index (χ4n) is 3.34. The summed E-state index contributed by atoms with van der Waals surface area (Å²) >= 11 is 0.656. The number of hydrogen-bond acceptors (Lipinski definition) is 9. The summed E-state index contributed by atoms with van der Waals surface area (Å²) in [5.74, 6) is -0.895. The van der Waals surface area contributed by atoms with E-state index in [9.17, 15) is 22.4 Å². The highest BCUT2D eigenvalue weighted by molar-refractivity contribution is 7.89. The Hall–Kier alpha value is -2.94. The number of nitrogens with one attached hydrogen (secondary N) is 2. The summed E-state index contributed by atoms with van der Waals surface area (Å²) in [6.07, 6.45) is 1.35. The maximum atomic E-state index is 13.3. The van der Waals surface area contributed by atoms with Gasteiger partial charge >= 0.3 is 0 Å². The third-order valence-electron chi connectivity index (χ3n) is 5.13. The Bertz CT molecular complexity index is 1180. The minimum absolute atomic E-state index is 0.0115. The van der Waals surface area contributed by atoms with Crippen LogP contribution in [0.4, 0.5) is 9.52 Å². The molecule has 1 aromatic heterocycles. The van der Waals surface area contributed by atoms with Crippen LogP contribution in [0.1, 0.15) is 18.4 Å². The van der Waals surface area contributed by atoms with Gasteiger partial charge in [-0.2, -0.15) is 8.70 Å². The van der Waals surface area contributed by atoms with Crippen molar-refractivity contribution in [3.8, 4) is 0 Å². The maximum absolute atomic E-state index is 13.3. The lowest BCUT2D eigenvalue weighted by molar-refractivity contribution is -0.120. The van der Waals surface area contributed by atoms with E-state index in [0.29, 0.717) is 36.5 Å². The number of oxime groups is 1. The van der Waals surface area contributed by atoms with Crippen LogP contribution in [0, 0.1) is 5.13 Å². The molecule has 2 aliphatic heterocycles. The van der Waals surface area contributed by atoms with E-state index in [4.69, 9.17) is 9.57 Å². The average Bonchev–Trinajstić information content (AvgIpc) is 3.42. The number of nitrogens with zero attached hydrogens (tertiary/aromatic N) is 3. The highest BCUT2D eigenvalue weighted by atomic mass is 32.2. The van der Waals surface area contributed by atoms with Crippen LogP contribution >= 0.6 is 11.3 Å². The summed E-state index contributed by atoms with van der Waals surface area (Å²) in [7, 11) is -3.84. The van der Waals surface area contributed by atoms with Crippen molar-refractivity contribution in [2.75, 3.05) is 38.2 Å². The van der Waals surface area contributed by atoms with Crippen molar-refractivity contribution in [2.45, 2.75) is 23.8 Å². The van der Waals surface area contributed by atoms with Crippen molar-refractivity contribution in [2.24, 2.45) is 5.16 Å². The van der Waals surface area contributed by atoms with Gasteiger partial charge in [-0.05, 0) is 12.1 Å². The summed E-state index contributed by atoms with van der Waals surface area (Å²) in [4.78, 5) is 33.6. The monoisotopic (exact) mass is 511 g/mol. The van der Waals surface area contributed by atoms with Crippen LogP contribution in [0.2, 0.25) is 0 Å². The standard InChI is InChI=1S/C20H22FN5O6S2/c21-16-11-23-20(33-16)24-19(28)18(25-32-14-6-10-31-12-14)13-1-3-15(4-2-13)34(29,30)26-8-5-17(27)22-7-9-26/h1-4,11,14H,5-10,12H2,(H,22,27)(H,23,24,28)/b25-18+/t14-/m1/s1. The number of anilines is 1. The molecule has 0 aliphatic carbocycles. The van der Waals surface area contributed by atoms with Gasteiger partial charge < -0.3 is 14.9 Å². The Labute approximate surface area is 199 Å². The highest BCUT2D eigenvalue weighted by Crippen LogP contribution is 2.20. The fraction of sp³-hybridized carbons (Fsp3) is 0.400. The Morgan fingerprint density at radius 2 is 2.12 bits per heavy atom. The number of rotatable bonds is 7. The van der Waals surface area contributed by atoms with E-state index in [1.807, 2.05) is 0 Å². The predicted molar refractivity (Wildman–Crippen MR) is 120 cm³/mol. The van der Waals surface area contributed by atoms with E-state index in [-0.39, 0.29) is 53.8 Å². The topological polar surface area (TPSA) is 139 Å². The van der Waals surface area contributed by atoms with Crippen LogP contribution in [0.25, 0.3) is 0 Å². The summed E-state index contributed by atoms with van der Waals surface area (Å²) in [6.45, 7) is 1.32. The number of carbonyl (C=O) groups is 2. The summed E-state index contributed by atoms with van der Waals surface area (Å²) < 4.78 is 45.7. The van der Waals surface area contributed by atoms with Crippen LogP contribution in [0.5, 0.6) is 0 Å². The van der Waals surface area contributed by atoms with Gasteiger partial charge in [-0.1, -0.05) is 28.6 Å². The molecule has 3 heterocycles. The largest absolute Gasteiger partial charge is 0.389 e. The number of halogens is 1. The van der Waals surface area contributed by atoms with Crippen molar-refractivity contribution in [1.29, 1.82) is 0 Å². The fourth-order valence-corrected chi connectivity index (χ4v) is 5.32. The molecule has 0 unspecified atom stereocenters. The summed E-state index contributed by atoms with van der Waals surface area (Å²) in [6, 6.07) is 5.58. The number of hydrogen-bond donors (Lipinski definition) is 2. The number of sulfonamides is 1. The molecule has 2 amide bonds. The normalized spacial score (nSPS) is 20.0. The molecule has 2 fully saturated rings. The van der Waals surface area contributed by atoms with Gasteiger partial charge in [0.2, 0.25) is 15.9 Å². The SMILES string of the molecule is O=C1CCN(S(=O)(=O)c2ccc(/C(=N\O[C@@H]3CCOC3)C(=O)Nc3ncc(F)s3)cc2)CCN1. The number of ether oxygens (including phenoxy) is 1. The Morgan fingerprint density at radius 3 is 2.79 bits per heavy atom. The van der Waals surface area contributed by atoms with E-state index in [0.717, 1.165) is 6.20 Å². The lowest BCUT2D eigenvalue weighted by Crippen LogP contribution is -2.34. The van der Waals surface area contributed by atoms with Gasteiger partial charge in [-0.25, -0.2) is 13.4 Å². The third-order valence-corrected chi connectivity index (χ3v) is 7.75. The zero-order chi connectivity index (χ0) is 24.1. The molecule has 1 atom stereocenters. The first-order valence-electron chi connectivity index (χ1n) is 10.4. The third kappa shape index (κ3) is 5.75. The molecule has 2 aliphatic rings. The van der Waals surface area contributed by atoms with E-state index in [2.05, 4.69) is 20.8 Å². The van der Waals surface area contributed by atoms with E-state index in [1.165, 1.54) is 28.6 Å². The smallest absolute Gasteiger partial charge is 0.280 e. The van der Waals surface area contributed by atoms with Crippen molar-refractivity contribution < 1.29 is 32.0 Å². The Kier molecular flexibility index (Phi) is 7.50. The van der Waals surface area contributed by atoms with Gasteiger partial charge in [0.1, 0.15) is 0 Å². The molecular weight excluding hydrogens is 489 g/mol. The molecule has 0 radical (unpaired) electrons. The van der Waals surface area contributed by atoms with Crippen LogP contribution in [0.15, 0.2) is 40.5 Å². The number of aromatic nitrogens is 1. The number of benzene rings is 1. The van der Waals surface area contributed by atoms with Crippen molar-refractivity contribution in [3.05, 3.63) is 41.2 Å². The second kappa shape index (κ2) is 10.5. The number of amides is 2. The first-order chi connectivity index (χ1) is 16.3. The maximum Gasteiger partial charge on any atom is 0.280 e. The van der Waals surface area contributed by atoms with Crippen LogP contribution < -0.4 is 10.6 Å². The molecule has 0 spiro atoms. The van der Waals surface area contributed by atoms with E-state index < -0.39 is 21.1 Å². The number of thiazole rings is 1. The minimum Gasteiger partial charge on any atom is -0.389 e. The van der Waals surface area contributed by atoms with Crippen molar-refractivity contribution in [3.63, 3.8) is 0 Å². The molecule has 2 N–H and O–H groups in total. The molecule has 11 nitrogen and oxygen atoms in total. The zero-order valence-corrected chi connectivity index (χ0v) is 19.5. The highest BCUT2D eigenvalue weighted by Gasteiger charge is 2.27.